The summed E-state index contributed by atoms with van der Waals surface area (Å²) in [5.74, 6) is 0.290. The second kappa shape index (κ2) is 5.12. The maximum atomic E-state index is 10.1. The molecule has 17 heavy (non-hydrogen) atoms. The van der Waals surface area contributed by atoms with Gasteiger partial charge in [0.05, 0.1) is 11.1 Å². The van der Waals surface area contributed by atoms with E-state index in [1.54, 1.807) is 12.3 Å². The molecule has 0 aliphatic carbocycles. The molecule has 0 bridgehead atoms. The minimum atomic E-state index is -0.754. The van der Waals surface area contributed by atoms with Crippen LogP contribution in [0.3, 0.4) is 0 Å². The van der Waals surface area contributed by atoms with Crippen LogP contribution in [0.2, 0.25) is 5.02 Å². The highest BCUT2D eigenvalue weighted by Crippen LogP contribution is 2.24. The molecule has 2 heterocycles. The fourth-order valence-electron chi connectivity index (χ4n) is 1.56. The fourth-order valence-corrected chi connectivity index (χ4v) is 1.73. The summed E-state index contributed by atoms with van der Waals surface area (Å²) in [6, 6.07) is 7.16. The first-order chi connectivity index (χ1) is 8.16. The molecule has 0 aliphatic heterocycles. The van der Waals surface area contributed by atoms with Gasteiger partial charge in [-0.1, -0.05) is 17.7 Å². The summed E-state index contributed by atoms with van der Waals surface area (Å²) < 4.78 is 0. The lowest BCUT2D eigenvalue weighted by Gasteiger charge is -2.12. The minimum absolute atomic E-state index is 0.290. The molecule has 0 saturated carbocycles. The summed E-state index contributed by atoms with van der Waals surface area (Å²) in [6.45, 7) is 0. The number of aliphatic hydroxyl groups is 1. The molecule has 0 aromatic carbocycles. The predicted octanol–water partition coefficient (Wildman–Crippen LogP) is 1.99. The van der Waals surface area contributed by atoms with Gasteiger partial charge in [-0.15, -0.1) is 0 Å². The van der Waals surface area contributed by atoms with E-state index in [2.05, 4.69) is 9.97 Å². The molecule has 0 aliphatic rings. The summed E-state index contributed by atoms with van der Waals surface area (Å²) in [7, 11) is 0. The van der Waals surface area contributed by atoms with E-state index >= 15 is 0 Å². The second-order valence-electron chi connectivity index (χ2n) is 3.67. The number of aromatic nitrogens is 2. The summed E-state index contributed by atoms with van der Waals surface area (Å²) in [4.78, 5) is 8.05. The minimum Gasteiger partial charge on any atom is -0.388 e. The molecule has 2 aromatic rings. The Balaban J connectivity index is 2.20. The maximum absolute atomic E-state index is 10.1. The molecule has 2 aromatic heterocycles. The zero-order valence-electron chi connectivity index (χ0n) is 9.05. The van der Waals surface area contributed by atoms with E-state index in [0.717, 1.165) is 5.69 Å². The Morgan fingerprint density at radius 1 is 1.35 bits per heavy atom. The lowest BCUT2D eigenvalue weighted by molar-refractivity contribution is 0.177. The molecule has 3 N–H and O–H groups in total. The molecule has 0 radical (unpaired) electrons. The van der Waals surface area contributed by atoms with E-state index in [4.69, 9.17) is 17.3 Å². The van der Waals surface area contributed by atoms with Crippen LogP contribution in [0.4, 0.5) is 5.82 Å². The van der Waals surface area contributed by atoms with E-state index < -0.39 is 6.10 Å². The Morgan fingerprint density at radius 3 is 2.88 bits per heavy atom. The van der Waals surface area contributed by atoms with Gasteiger partial charge < -0.3 is 10.8 Å². The first-order valence-corrected chi connectivity index (χ1v) is 5.53. The molecule has 0 amide bonds. The highest BCUT2D eigenvalue weighted by Gasteiger charge is 2.13. The van der Waals surface area contributed by atoms with Gasteiger partial charge in [0.15, 0.2) is 0 Å². The van der Waals surface area contributed by atoms with Crippen molar-refractivity contribution in [1.29, 1.82) is 0 Å². The van der Waals surface area contributed by atoms with Crippen LogP contribution in [0.15, 0.2) is 36.7 Å². The molecule has 0 fully saturated rings. The third-order valence-corrected chi connectivity index (χ3v) is 2.61. The topological polar surface area (TPSA) is 72.0 Å². The van der Waals surface area contributed by atoms with Crippen LogP contribution >= 0.6 is 11.6 Å². The Morgan fingerprint density at radius 2 is 2.18 bits per heavy atom. The van der Waals surface area contributed by atoms with Gasteiger partial charge in [-0.05, 0) is 18.2 Å². The van der Waals surface area contributed by atoms with Gasteiger partial charge in [0, 0.05) is 30.1 Å². The zero-order chi connectivity index (χ0) is 12.3. The number of nitrogens with zero attached hydrogens (tertiary/aromatic N) is 2. The molecular weight excluding hydrogens is 238 g/mol. The first kappa shape index (κ1) is 11.8. The van der Waals surface area contributed by atoms with Crippen LogP contribution in [0, 0.1) is 0 Å². The molecular formula is C12H12ClN3O. The molecule has 5 heteroatoms. The smallest absolute Gasteiger partial charge is 0.129 e. The maximum Gasteiger partial charge on any atom is 0.129 e. The summed E-state index contributed by atoms with van der Waals surface area (Å²) in [5, 5.41) is 10.5. The quantitative estimate of drug-likeness (QED) is 0.873. The predicted molar refractivity (Wildman–Crippen MR) is 66.6 cm³/mol. The van der Waals surface area contributed by atoms with Crippen LogP contribution in [0.1, 0.15) is 17.4 Å². The van der Waals surface area contributed by atoms with Crippen molar-refractivity contribution in [3.8, 4) is 0 Å². The average Bonchev–Trinajstić information content (AvgIpc) is 2.33. The van der Waals surface area contributed by atoms with Crippen LogP contribution < -0.4 is 5.73 Å². The van der Waals surface area contributed by atoms with Crippen LogP contribution in [-0.4, -0.2) is 15.1 Å². The molecule has 4 nitrogen and oxygen atoms in total. The van der Waals surface area contributed by atoms with Crippen LogP contribution in [-0.2, 0) is 6.42 Å². The van der Waals surface area contributed by atoms with E-state index in [9.17, 15) is 5.11 Å². The van der Waals surface area contributed by atoms with Crippen molar-refractivity contribution in [1.82, 2.24) is 9.97 Å². The Hall–Kier alpha value is -1.65. The van der Waals surface area contributed by atoms with E-state index in [-0.39, 0.29) is 5.82 Å². The van der Waals surface area contributed by atoms with E-state index in [1.165, 1.54) is 6.20 Å². The number of nitrogen functional groups attached to an aromatic ring is 1. The molecule has 88 valence electrons. The van der Waals surface area contributed by atoms with E-state index in [0.29, 0.717) is 17.0 Å². The lowest BCUT2D eigenvalue weighted by Crippen LogP contribution is -2.07. The monoisotopic (exact) mass is 249 g/mol. The second-order valence-corrected chi connectivity index (χ2v) is 4.11. The van der Waals surface area contributed by atoms with Gasteiger partial charge in [0.25, 0.3) is 0 Å². The molecule has 1 unspecified atom stereocenters. The van der Waals surface area contributed by atoms with Gasteiger partial charge in [0.1, 0.15) is 5.82 Å². The number of anilines is 1. The normalized spacial score (nSPS) is 12.4. The number of rotatable bonds is 3. The number of hydrogen-bond donors (Lipinski definition) is 2. The van der Waals surface area contributed by atoms with Gasteiger partial charge in [0.2, 0.25) is 0 Å². The molecule has 0 spiro atoms. The number of aliphatic hydroxyl groups excluding tert-OH is 1. The standard InChI is InChI=1S/C12H12ClN3O/c13-8-5-10(12(14)16-7-8)11(17)6-9-3-1-2-4-15-9/h1-5,7,11,17H,6H2,(H2,14,16). The first-order valence-electron chi connectivity index (χ1n) is 5.15. The van der Waals surface area contributed by atoms with Crippen molar-refractivity contribution in [3.63, 3.8) is 0 Å². The summed E-state index contributed by atoms with van der Waals surface area (Å²) in [6.07, 6.45) is 2.76. The van der Waals surface area contributed by atoms with Gasteiger partial charge >= 0.3 is 0 Å². The zero-order valence-corrected chi connectivity index (χ0v) is 9.80. The third kappa shape index (κ3) is 2.93. The van der Waals surface area contributed by atoms with Gasteiger partial charge in [-0.25, -0.2) is 4.98 Å². The highest BCUT2D eigenvalue weighted by molar-refractivity contribution is 6.30. The van der Waals surface area contributed by atoms with Gasteiger partial charge in [-0.2, -0.15) is 0 Å². The molecule has 2 rings (SSSR count). The van der Waals surface area contributed by atoms with Crippen molar-refractivity contribution in [2.24, 2.45) is 0 Å². The number of halogens is 1. The third-order valence-electron chi connectivity index (χ3n) is 2.40. The van der Waals surface area contributed by atoms with Gasteiger partial charge in [-0.3, -0.25) is 4.98 Å². The van der Waals surface area contributed by atoms with Crippen LogP contribution in [0.25, 0.3) is 0 Å². The largest absolute Gasteiger partial charge is 0.388 e. The fraction of sp³-hybridized carbons (Fsp3) is 0.167. The van der Waals surface area contributed by atoms with Crippen molar-refractivity contribution in [2.75, 3.05) is 5.73 Å². The van der Waals surface area contributed by atoms with Crippen molar-refractivity contribution in [3.05, 3.63) is 52.9 Å². The van der Waals surface area contributed by atoms with Crippen molar-refractivity contribution in [2.45, 2.75) is 12.5 Å². The van der Waals surface area contributed by atoms with E-state index in [1.807, 2.05) is 18.2 Å². The summed E-state index contributed by atoms with van der Waals surface area (Å²) in [5.41, 5.74) is 7.02. The Kier molecular flexibility index (Phi) is 3.56. The number of pyridine rings is 2. The highest BCUT2D eigenvalue weighted by atomic mass is 35.5. The number of hydrogen-bond acceptors (Lipinski definition) is 4. The summed E-state index contributed by atoms with van der Waals surface area (Å²) >= 11 is 5.82. The van der Waals surface area contributed by atoms with Crippen molar-refractivity contribution >= 4 is 17.4 Å². The van der Waals surface area contributed by atoms with Crippen LogP contribution in [0.5, 0.6) is 0 Å². The lowest BCUT2D eigenvalue weighted by atomic mass is 10.1. The molecule has 0 saturated heterocycles. The van der Waals surface area contributed by atoms with Crippen molar-refractivity contribution < 1.29 is 5.11 Å². The average molecular weight is 250 g/mol. The SMILES string of the molecule is Nc1ncc(Cl)cc1C(O)Cc1ccccn1. The Labute approximate surface area is 104 Å². The Bertz CT molecular complexity index is 504. The molecule has 1 atom stereocenters. The number of nitrogens with two attached hydrogens (primary N) is 1.